The van der Waals surface area contributed by atoms with Gasteiger partial charge in [-0.25, -0.2) is 0 Å². The van der Waals surface area contributed by atoms with Gasteiger partial charge in [-0.1, -0.05) is 30.3 Å². The molecule has 0 aliphatic heterocycles. The zero-order chi connectivity index (χ0) is 20.2. The molecule has 29 heavy (non-hydrogen) atoms. The van der Waals surface area contributed by atoms with Crippen molar-refractivity contribution in [3.8, 4) is 0 Å². The van der Waals surface area contributed by atoms with Crippen molar-refractivity contribution >= 4 is 29.9 Å². The number of halogens is 1. The van der Waals surface area contributed by atoms with Crippen LogP contribution in [0.15, 0.2) is 41.4 Å². The average Bonchev–Trinajstić information content (AvgIpc) is 3.02. The van der Waals surface area contributed by atoms with Crippen molar-refractivity contribution in [3.05, 3.63) is 53.3 Å². The number of nitrogens with one attached hydrogen (secondary N) is 2. The molecule has 1 heterocycles. The van der Waals surface area contributed by atoms with Crippen LogP contribution in [-0.2, 0) is 11.3 Å². The summed E-state index contributed by atoms with van der Waals surface area (Å²) in [6.07, 6.45) is 2.03. The van der Waals surface area contributed by atoms with Crippen molar-refractivity contribution in [1.29, 1.82) is 0 Å². The molecule has 1 aromatic carbocycles. The summed E-state index contributed by atoms with van der Waals surface area (Å²) in [6, 6.07) is 12.4. The maximum atomic E-state index is 5.92. The van der Waals surface area contributed by atoms with Crippen LogP contribution in [0.4, 0.5) is 0 Å². The van der Waals surface area contributed by atoms with Crippen LogP contribution < -0.4 is 10.6 Å². The van der Waals surface area contributed by atoms with Gasteiger partial charge in [0.1, 0.15) is 0 Å². The summed E-state index contributed by atoms with van der Waals surface area (Å²) in [6.45, 7) is 12.4. The molecule has 6 nitrogen and oxygen atoms in total. The van der Waals surface area contributed by atoms with Gasteiger partial charge in [0.05, 0.1) is 11.8 Å². The molecule has 2 rings (SSSR count). The van der Waals surface area contributed by atoms with E-state index in [0.29, 0.717) is 0 Å². The molecule has 0 aliphatic rings. The first-order chi connectivity index (χ1) is 13.6. The molecule has 0 radical (unpaired) electrons. The number of aliphatic imine (C=N–C) groups is 1. The van der Waals surface area contributed by atoms with Gasteiger partial charge in [-0.3, -0.25) is 9.67 Å². The number of hydrogen-bond donors (Lipinski definition) is 2. The maximum absolute atomic E-state index is 5.92. The third kappa shape index (κ3) is 9.62. The predicted molar refractivity (Wildman–Crippen MR) is 131 cm³/mol. The van der Waals surface area contributed by atoms with Crippen molar-refractivity contribution in [2.24, 2.45) is 4.99 Å². The third-order valence-electron chi connectivity index (χ3n) is 4.50. The van der Waals surface area contributed by atoms with E-state index in [4.69, 9.17) is 4.74 Å². The molecule has 162 valence electrons. The minimum absolute atomic E-state index is 0. The van der Waals surface area contributed by atoms with Crippen LogP contribution in [0.2, 0.25) is 0 Å². The van der Waals surface area contributed by atoms with Crippen molar-refractivity contribution in [1.82, 2.24) is 20.4 Å². The molecule has 2 aromatic rings. The summed E-state index contributed by atoms with van der Waals surface area (Å²) in [5.74, 6) is 0.868. The number of hydrogen-bond acceptors (Lipinski definition) is 3. The smallest absolute Gasteiger partial charge is 0.191 e. The number of ether oxygens (including phenoxy) is 1. The SMILES string of the molecule is CCNC(=NCCCn1nc(C)cc1C)NCCCOC(C)c1ccccc1.I. The Labute approximate surface area is 192 Å². The summed E-state index contributed by atoms with van der Waals surface area (Å²) in [5.41, 5.74) is 3.49. The first kappa shape index (κ1) is 25.4. The fourth-order valence-corrected chi connectivity index (χ4v) is 3.01. The van der Waals surface area contributed by atoms with Gasteiger partial charge in [0.25, 0.3) is 0 Å². The van der Waals surface area contributed by atoms with Gasteiger partial charge in [-0.05, 0) is 52.2 Å². The van der Waals surface area contributed by atoms with Gasteiger partial charge in [-0.15, -0.1) is 24.0 Å². The van der Waals surface area contributed by atoms with Gasteiger partial charge in [0.2, 0.25) is 0 Å². The second-order valence-corrected chi connectivity index (χ2v) is 6.97. The van der Waals surface area contributed by atoms with Crippen molar-refractivity contribution in [3.63, 3.8) is 0 Å². The molecule has 0 fully saturated rings. The lowest BCUT2D eigenvalue weighted by molar-refractivity contribution is 0.0646. The minimum Gasteiger partial charge on any atom is -0.374 e. The first-order valence-electron chi connectivity index (χ1n) is 10.3. The summed E-state index contributed by atoms with van der Waals surface area (Å²) in [7, 11) is 0. The molecule has 0 bridgehead atoms. The summed E-state index contributed by atoms with van der Waals surface area (Å²) in [5, 5.41) is 11.2. The maximum Gasteiger partial charge on any atom is 0.191 e. The Morgan fingerprint density at radius 3 is 2.59 bits per heavy atom. The minimum atomic E-state index is 0. The summed E-state index contributed by atoms with van der Waals surface area (Å²) < 4.78 is 7.97. The molecular weight excluding hydrogens is 477 g/mol. The molecule has 2 N–H and O–H groups in total. The number of aryl methyl sites for hydroxylation is 3. The van der Waals surface area contributed by atoms with Gasteiger partial charge < -0.3 is 15.4 Å². The average molecular weight is 513 g/mol. The highest BCUT2D eigenvalue weighted by atomic mass is 127. The van der Waals surface area contributed by atoms with Crippen LogP contribution in [-0.4, -0.2) is 42.0 Å². The molecule has 0 aliphatic carbocycles. The Morgan fingerprint density at radius 2 is 1.93 bits per heavy atom. The third-order valence-corrected chi connectivity index (χ3v) is 4.50. The normalized spacial score (nSPS) is 12.3. The molecule has 1 unspecified atom stereocenters. The lowest BCUT2D eigenvalue weighted by atomic mass is 10.1. The van der Waals surface area contributed by atoms with E-state index in [1.807, 2.05) is 25.1 Å². The quantitative estimate of drug-likeness (QED) is 0.204. The van der Waals surface area contributed by atoms with Crippen LogP contribution in [0.3, 0.4) is 0 Å². The van der Waals surface area contributed by atoms with Gasteiger partial charge >= 0.3 is 0 Å². The van der Waals surface area contributed by atoms with Crippen LogP contribution >= 0.6 is 24.0 Å². The Kier molecular flexibility index (Phi) is 12.6. The Bertz CT molecular complexity index is 717. The standard InChI is InChI=1S/C22H35N5O.HI/c1-5-23-22(24-13-9-15-27-19(3)17-18(2)26-27)25-14-10-16-28-20(4)21-11-7-6-8-12-21;/h6-8,11-12,17,20H,5,9-10,13-16H2,1-4H3,(H2,23,24,25);1H. The van der Waals surface area contributed by atoms with Gasteiger partial charge in [0.15, 0.2) is 5.96 Å². The van der Waals surface area contributed by atoms with Crippen LogP contribution in [0.25, 0.3) is 0 Å². The fraction of sp³-hybridized carbons (Fsp3) is 0.545. The number of guanidine groups is 1. The highest BCUT2D eigenvalue weighted by Gasteiger charge is 2.04. The predicted octanol–water partition coefficient (Wildman–Crippen LogP) is 4.23. The summed E-state index contributed by atoms with van der Waals surface area (Å²) in [4.78, 5) is 4.66. The van der Waals surface area contributed by atoms with Crippen LogP contribution in [0, 0.1) is 13.8 Å². The molecule has 0 saturated carbocycles. The zero-order valence-electron chi connectivity index (χ0n) is 18.1. The molecule has 1 aromatic heterocycles. The molecule has 7 heteroatoms. The number of rotatable bonds is 11. The highest BCUT2D eigenvalue weighted by Crippen LogP contribution is 2.15. The molecule has 0 saturated heterocycles. The van der Waals surface area contributed by atoms with E-state index in [0.717, 1.165) is 57.3 Å². The second kappa shape index (κ2) is 14.4. The lowest BCUT2D eigenvalue weighted by Crippen LogP contribution is -2.38. The van der Waals surface area contributed by atoms with Gasteiger partial charge in [-0.2, -0.15) is 5.10 Å². The van der Waals surface area contributed by atoms with Crippen molar-refractivity contribution in [2.75, 3.05) is 26.2 Å². The highest BCUT2D eigenvalue weighted by molar-refractivity contribution is 14.0. The lowest BCUT2D eigenvalue weighted by Gasteiger charge is -2.14. The molecule has 0 amide bonds. The van der Waals surface area contributed by atoms with E-state index < -0.39 is 0 Å². The van der Waals surface area contributed by atoms with Crippen LogP contribution in [0.5, 0.6) is 0 Å². The molecular formula is C22H36IN5O. The van der Waals surface area contributed by atoms with E-state index in [2.05, 4.69) is 64.4 Å². The van der Waals surface area contributed by atoms with Crippen LogP contribution in [0.1, 0.15) is 49.7 Å². The van der Waals surface area contributed by atoms with E-state index in [9.17, 15) is 0 Å². The van der Waals surface area contributed by atoms with Crippen molar-refractivity contribution < 1.29 is 4.74 Å². The number of benzene rings is 1. The summed E-state index contributed by atoms with van der Waals surface area (Å²) >= 11 is 0. The number of nitrogens with zero attached hydrogens (tertiary/aromatic N) is 3. The van der Waals surface area contributed by atoms with E-state index in [-0.39, 0.29) is 30.1 Å². The van der Waals surface area contributed by atoms with Gasteiger partial charge in [0, 0.05) is 38.5 Å². The van der Waals surface area contributed by atoms with E-state index >= 15 is 0 Å². The Balaban J connectivity index is 0.00000420. The van der Waals surface area contributed by atoms with Crippen molar-refractivity contribution in [2.45, 2.75) is 53.2 Å². The first-order valence-corrected chi connectivity index (χ1v) is 10.3. The zero-order valence-corrected chi connectivity index (χ0v) is 20.5. The molecule has 1 atom stereocenters. The second-order valence-electron chi connectivity index (χ2n) is 6.97. The topological polar surface area (TPSA) is 63.5 Å². The Hall–Kier alpha value is -1.61. The molecule has 0 spiro atoms. The monoisotopic (exact) mass is 513 g/mol. The Morgan fingerprint density at radius 1 is 1.17 bits per heavy atom. The largest absolute Gasteiger partial charge is 0.374 e. The van der Waals surface area contributed by atoms with E-state index in [1.165, 1.54) is 11.3 Å². The fourth-order valence-electron chi connectivity index (χ4n) is 3.01. The van der Waals surface area contributed by atoms with E-state index in [1.54, 1.807) is 0 Å². The number of aromatic nitrogens is 2.